The van der Waals surface area contributed by atoms with Crippen molar-refractivity contribution in [2.45, 2.75) is 66.3 Å². The Morgan fingerprint density at radius 3 is 2.50 bits per heavy atom. The number of rotatable bonds is 7. The van der Waals surface area contributed by atoms with E-state index in [0.29, 0.717) is 5.41 Å². The second-order valence-corrected chi connectivity index (χ2v) is 7.23. The Morgan fingerprint density at radius 2 is 1.94 bits per heavy atom. The summed E-state index contributed by atoms with van der Waals surface area (Å²) < 4.78 is 0. The number of hydrogen-bond acceptors (Lipinski definition) is 2. The maximum Gasteiger partial charge on any atom is 0.0220 e. The van der Waals surface area contributed by atoms with Crippen LogP contribution in [0.5, 0.6) is 0 Å². The van der Waals surface area contributed by atoms with Crippen molar-refractivity contribution in [2.75, 3.05) is 26.2 Å². The average molecular weight is 254 g/mol. The monoisotopic (exact) mass is 254 g/mol. The van der Waals surface area contributed by atoms with Crippen molar-refractivity contribution in [1.82, 2.24) is 10.2 Å². The molecule has 1 unspecified atom stereocenters. The SMILES string of the molecule is CCCC(CNCC(C)C)N1CCCC(C)(C)C1. The molecule has 1 aliphatic rings. The first-order chi connectivity index (χ1) is 8.44. The molecule has 0 aromatic rings. The average Bonchev–Trinajstić information content (AvgIpc) is 2.26. The van der Waals surface area contributed by atoms with Crippen LogP contribution in [0, 0.1) is 11.3 Å². The summed E-state index contributed by atoms with van der Waals surface area (Å²) in [6.07, 6.45) is 5.39. The molecule has 2 nitrogen and oxygen atoms in total. The highest BCUT2D eigenvalue weighted by Crippen LogP contribution is 2.30. The lowest BCUT2D eigenvalue weighted by atomic mass is 9.83. The van der Waals surface area contributed by atoms with Gasteiger partial charge < -0.3 is 5.32 Å². The third-order valence-corrected chi connectivity index (χ3v) is 4.00. The van der Waals surface area contributed by atoms with Gasteiger partial charge in [0.1, 0.15) is 0 Å². The van der Waals surface area contributed by atoms with Crippen molar-refractivity contribution in [1.29, 1.82) is 0 Å². The highest BCUT2D eigenvalue weighted by Gasteiger charge is 2.29. The van der Waals surface area contributed by atoms with Crippen LogP contribution < -0.4 is 5.32 Å². The lowest BCUT2D eigenvalue weighted by molar-refractivity contribution is 0.0731. The third-order valence-electron chi connectivity index (χ3n) is 4.00. The van der Waals surface area contributed by atoms with Crippen LogP contribution in [0.3, 0.4) is 0 Å². The molecule has 0 spiro atoms. The lowest BCUT2D eigenvalue weighted by Gasteiger charge is -2.42. The minimum Gasteiger partial charge on any atom is -0.315 e. The largest absolute Gasteiger partial charge is 0.315 e. The molecule has 0 radical (unpaired) electrons. The van der Waals surface area contributed by atoms with Gasteiger partial charge in [-0.15, -0.1) is 0 Å². The zero-order chi connectivity index (χ0) is 13.6. The molecule has 2 heteroatoms. The van der Waals surface area contributed by atoms with Crippen molar-refractivity contribution in [2.24, 2.45) is 11.3 Å². The van der Waals surface area contributed by atoms with Crippen LogP contribution in [-0.4, -0.2) is 37.1 Å². The number of likely N-dealkylation sites (tertiary alicyclic amines) is 1. The van der Waals surface area contributed by atoms with Gasteiger partial charge in [-0.1, -0.05) is 41.0 Å². The maximum atomic E-state index is 3.65. The molecule has 0 aliphatic carbocycles. The van der Waals surface area contributed by atoms with E-state index >= 15 is 0 Å². The highest BCUT2D eigenvalue weighted by molar-refractivity contribution is 4.84. The lowest BCUT2D eigenvalue weighted by Crippen LogP contribution is -2.49. The summed E-state index contributed by atoms with van der Waals surface area (Å²) in [6, 6.07) is 0.744. The molecule has 108 valence electrons. The van der Waals surface area contributed by atoms with Crippen molar-refractivity contribution in [3.05, 3.63) is 0 Å². The second-order valence-electron chi connectivity index (χ2n) is 7.23. The normalized spacial score (nSPS) is 22.3. The molecule has 18 heavy (non-hydrogen) atoms. The molecule has 0 aromatic carbocycles. The number of piperidine rings is 1. The van der Waals surface area contributed by atoms with Gasteiger partial charge in [-0.25, -0.2) is 0 Å². The molecule has 0 saturated carbocycles. The van der Waals surface area contributed by atoms with E-state index in [4.69, 9.17) is 0 Å². The fourth-order valence-corrected chi connectivity index (χ4v) is 3.07. The Hall–Kier alpha value is -0.0800. The van der Waals surface area contributed by atoms with Gasteiger partial charge in [-0.05, 0) is 43.7 Å². The first kappa shape index (κ1) is 16.0. The van der Waals surface area contributed by atoms with Crippen LogP contribution in [0.25, 0.3) is 0 Å². The molecule has 1 aliphatic heterocycles. The van der Waals surface area contributed by atoms with Crippen LogP contribution in [0.15, 0.2) is 0 Å². The topological polar surface area (TPSA) is 15.3 Å². The van der Waals surface area contributed by atoms with Crippen molar-refractivity contribution < 1.29 is 0 Å². The van der Waals surface area contributed by atoms with Gasteiger partial charge in [0, 0.05) is 19.1 Å². The van der Waals surface area contributed by atoms with E-state index in [9.17, 15) is 0 Å². The molecule has 1 heterocycles. The molecular formula is C16H34N2. The van der Waals surface area contributed by atoms with Gasteiger partial charge in [0.05, 0.1) is 0 Å². The fourth-order valence-electron chi connectivity index (χ4n) is 3.07. The van der Waals surface area contributed by atoms with E-state index in [2.05, 4.69) is 44.8 Å². The Bertz CT molecular complexity index is 223. The van der Waals surface area contributed by atoms with E-state index in [0.717, 1.165) is 18.5 Å². The Balaban J connectivity index is 2.44. The predicted molar refractivity (Wildman–Crippen MR) is 81.0 cm³/mol. The van der Waals surface area contributed by atoms with Gasteiger partial charge in [0.15, 0.2) is 0 Å². The van der Waals surface area contributed by atoms with Gasteiger partial charge in [0.2, 0.25) is 0 Å². The smallest absolute Gasteiger partial charge is 0.0220 e. The van der Waals surface area contributed by atoms with Crippen molar-refractivity contribution >= 4 is 0 Å². The summed E-state index contributed by atoms with van der Waals surface area (Å²) in [7, 11) is 0. The van der Waals surface area contributed by atoms with Gasteiger partial charge in [-0.3, -0.25) is 4.90 Å². The number of nitrogens with zero attached hydrogens (tertiary/aromatic N) is 1. The molecule has 1 N–H and O–H groups in total. The molecule has 0 bridgehead atoms. The molecule has 1 rings (SSSR count). The maximum absolute atomic E-state index is 3.65. The summed E-state index contributed by atoms with van der Waals surface area (Å²) in [5.74, 6) is 0.755. The zero-order valence-corrected chi connectivity index (χ0v) is 13.3. The number of nitrogens with one attached hydrogen (secondary N) is 1. The Labute approximate surface area is 115 Å². The van der Waals surface area contributed by atoms with E-state index < -0.39 is 0 Å². The second kappa shape index (κ2) is 7.49. The summed E-state index contributed by atoms with van der Waals surface area (Å²) in [5.41, 5.74) is 0.516. The van der Waals surface area contributed by atoms with E-state index in [1.54, 1.807) is 0 Å². The van der Waals surface area contributed by atoms with E-state index in [-0.39, 0.29) is 0 Å². The molecule has 1 saturated heterocycles. The first-order valence-electron chi connectivity index (χ1n) is 7.89. The summed E-state index contributed by atoms with van der Waals surface area (Å²) in [5, 5.41) is 3.65. The Kier molecular flexibility index (Phi) is 6.65. The minimum atomic E-state index is 0.516. The molecule has 0 amide bonds. The molecule has 0 aromatic heterocycles. The van der Waals surface area contributed by atoms with Crippen molar-refractivity contribution in [3.63, 3.8) is 0 Å². The summed E-state index contributed by atoms with van der Waals surface area (Å²) >= 11 is 0. The van der Waals surface area contributed by atoms with E-state index in [1.807, 2.05) is 0 Å². The van der Waals surface area contributed by atoms with Gasteiger partial charge >= 0.3 is 0 Å². The quantitative estimate of drug-likeness (QED) is 0.748. The van der Waals surface area contributed by atoms with Gasteiger partial charge in [-0.2, -0.15) is 0 Å². The highest BCUT2D eigenvalue weighted by atomic mass is 15.2. The van der Waals surface area contributed by atoms with E-state index in [1.165, 1.54) is 45.3 Å². The summed E-state index contributed by atoms with van der Waals surface area (Å²) in [4.78, 5) is 2.74. The summed E-state index contributed by atoms with van der Waals surface area (Å²) in [6.45, 7) is 16.6. The predicted octanol–water partition coefficient (Wildman–Crippen LogP) is 3.52. The number of hydrogen-bond donors (Lipinski definition) is 1. The van der Waals surface area contributed by atoms with Crippen LogP contribution in [0.2, 0.25) is 0 Å². The standard InChI is InChI=1S/C16H34N2/c1-6-8-15(12-17-11-14(2)3)18-10-7-9-16(4,5)13-18/h14-15,17H,6-13H2,1-5H3. The molecular weight excluding hydrogens is 220 g/mol. The van der Waals surface area contributed by atoms with Crippen LogP contribution in [0.4, 0.5) is 0 Å². The minimum absolute atomic E-state index is 0.516. The first-order valence-corrected chi connectivity index (χ1v) is 7.89. The van der Waals surface area contributed by atoms with Crippen LogP contribution in [0.1, 0.15) is 60.3 Å². The zero-order valence-electron chi connectivity index (χ0n) is 13.3. The third kappa shape index (κ3) is 5.71. The Morgan fingerprint density at radius 1 is 1.22 bits per heavy atom. The van der Waals surface area contributed by atoms with Crippen molar-refractivity contribution in [3.8, 4) is 0 Å². The molecule has 1 atom stereocenters. The van der Waals surface area contributed by atoms with Crippen LogP contribution in [-0.2, 0) is 0 Å². The van der Waals surface area contributed by atoms with Gasteiger partial charge in [0.25, 0.3) is 0 Å². The van der Waals surface area contributed by atoms with Crippen LogP contribution >= 0.6 is 0 Å². The fraction of sp³-hybridized carbons (Fsp3) is 1.00. The molecule has 1 fully saturated rings.